The van der Waals surface area contributed by atoms with Crippen molar-refractivity contribution in [2.45, 2.75) is 50.7 Å². The van der Waals surface area contributed by atoms with Crippen LogP contribution in [0.25, 0.3) is 11.2 Å². The Kier molecular flexibility index (Phi) is 3.65. The summed E-state index contributed by atoms with van der Waals surface area (Å²) in [4.78, 5) is 13.4. The van der Waals surface area contributed by atoms with Crippen molar-refractivity contribution < 1.29 is 9.84 Å². The molecule has 1 fully saturated rings. The topological polar surface area (TPSA) is 85.1 Å². The monoisotopic (exact) mass is 351 g/mol. The van der Waals surface area contributed by atoms with Gasteiger partial charge in [-0.1, -0.05) is 24.3 Å². The van der Waals surface area contributed by atoms with E-state index in [9.17, 15) is 5.11 Å². The molecule has 0 bridgehead atoms. The van der Waals surface area contributed by atoms with Crippen molar-refractivity contribution in [3.8, 4) is 0 Å². The number of nitrogens with zero attached hydrogens (tertiary/aromatic N) is 4. The van der Waals surface area contributed by atoms with Crippen molar-refractivity contribution in [2.75, 3.05) is 5.32 Å². The number of nitrogens with one attached hydrogen (secondary N) is 1. The molecule has 0 amide bonds. The van der Waals surface area contributed by atoms with E-state index >= 15 is 0 Å². The molecule has 1 aromatic carbocycles. The van der Waals surface area contributed by atoms with E-state index in [2.05, 4.69) is 44.5 Å². The van der Waals surface area contributed by atoms with Gasteiger partial charge in [0.25, 0.3) is 0 Å². The summed E-state index contributed by atoms with van der Waals surface area (Å²) < 4.78 is 7.72. The van der Waals surface area contributed by atoms with Gasteiger partial charge < -0.3 is 15.2 Å². The maximum absolute atomic E-state index is 9.97. The first-order chi connectivity index (χ1) is 12.7. The van der Waals surface area contributed by atoms with E-state index in [0.29, 0.717) is 6.42 Å². The number of rotatable bonds is 3. The van der Waals surface area contributed by atoms with Crippen molar-refractivity contribution in [1.29, 1.82) is 0 Å². The van der Waals surface area contributed by atoms with Gasteiger partial charge >= 0.3 is 0 Å². The average molecular weight is 351 g/mol. The van der Waals surface area contributed by atoms with Crippen LogP contribution in [-0.2, 0) is 11.2 Å². The van der Waals surface area contributed by atoms with Crippen molar-refractivity contribution in [1.82, 2.24) is 19.5 Å². The summed E-state index contributed by atoms with van der Waals surface area (Å²) in [5, 5.41) is 13.5. The third-order valence-corrected chi connectivity index (χ3v) is 5.47. The summed E-state index contributed by atoms with van der Waals surface area (Å²) >= 11 is 0. The molecule has 26 heavy (non-hydrogen) atoms. The molecule has 0 saturated carbocycles. The van der Waals surface area contributed by atoms with Crippen LogP contribution < -0.4 is 5.32 Å². The van der Waals surface area contributed by atoms with Crippen molar-refractivity contribution in [3.05, 3.63) is 48.0 Å². The Morgan fingerprint density at radius 1 is 1.23 bits per heavy atom. The lowest BCUT2D eigenvalue weighted by Crippen LogP contribution is -2.15. The number of benzene rings is 1. The van der Waals surface area contributed by atoms with Gasteiger partial charge in [0.1, 0.15) is 12.6 Å². The highest BCUT2D eigenvalue weighted by Crippen LogP contribution is 2.35. The maximum Gasteiger partial charge on any atom is 0.167 e. The highest BCUT2D eigenvalue weighted by molar-refractivity contribution is 5.83. The number of aryl methyl sites for hydroxylation is 1. The molecule has 7 nitrogen and oxygen atoms in total. The Morgan fingerprint density at radius 3 is 2.96 bits per heavy atom. The molecule has 134 valence electrons. The minimum Gasteiger partial charge on any atom is -0.390 e. The van der Waals surface area contributed by atoms with Crippen LogP contribution in [0.1, 0.15) is 43.2 Å². The number of aliphatic hydroxyl groups is 1. The molecule has 1 aliphatic carbocycles. The molecule has 5 rings (SSSR count). The van der Waals surface area contributed by atoms with Crippen LogP contribution in [0.4, 0.5) is 5.82 Å². The molecule has 0 unspecified atom stereocenters. The second-order valence-electron chi connectivity index (χ2n) is 7.08. The van der Waals surface area contributed by atoms with E-state index in [1.165, 1.54) is 11.1 Å². The minimum atomic E-state index is -0.466. The van der Waals surface area contributed by atoms with Gasteiger partial charge in [-0.2, -0.15) is 0 Å². The zero-order chi connectivity index (χ0) is 17.7. The summed E-state index contributed by atoms with van der Waals surface area (Å²) in [5.41, 5.74) is 4.17. The van der Waals surface area contributed by atoms with E-state index < -0.39 is 6.10 Å². The van der Waals surface area contributed by atoms with Crippen molar-refractivity contribution in [3.63, 3.8) is 0 Å². The van der Waals surface area contributed by atoms with Crippen LogP contribution in [0.5, 0.6) is 0 Å². The van der Waals surface area contributed by atoms with Gasteiger partial charge in [-0.3, -0.25) is 4.57 Å². The number of anilines is 1. The van der Waals surface area contributed by atoms with Gasteiger partial charge in [0, 0.05) is 6.42 Å². The van der Waals surface area contributed by atoms with Gasteiger partial charge in [-0.25, -0.2) is 15.0 Å². The Balaban J connectivity index is 1.47. The number of aliphatic hydroxyl groups excluding tert-OH is 1. The molecule has 4 atom stereocenters. The minimum absolute atomic E-state index is 0.188. The maximum atomic E-state index is 9.97. The molecule has 7 heteroatoms. The van der Waals surface area contributed by atoms with Crippen LogP contribution in [0.15, 0.2) is 36.9 Å². The second kappa shape index (κ2) is 6.03. The lowest BCUT2D eigenvalue weighted by atomic mass is 10.1. The smallest absolute Gasteiger partial charge is 0.167 e. The highest BCUT2D eigenvalue weighted by atomic mass is 16.5. The lowest BCUT2D eigenvalue weighted by molar-refractivity contribution is -0.00632. The Labute approximate surface area is 151 Å². The van der Waals surface area contributed by atoms with E-state index in [1.807, 2.05) is 11.5 Å². The van der Waals surface area contributed by atoms with Crippen LogP contribution in [0, 0.1) is 0 Å². The fourth-order valence-corrected chi connectivity index (χ4v) is 4.01. The summed E-state index contributed by atoms with van der Waals surface area (Å²) in [5.74, 6) is 0.738. The molecule has 2 aromatic heterocycles. The van der Waals surface area contributed by atoms with Crippen molar-refractivity contribution in [2.24, 2.45) is 0 Å². The summed E-state index contributed by atoms with van der Waals surface area (Å²) in [6.07, 6.45) is 5.03. The summed E-state index contributed by atoms with van der Waals surface area (Å²) in [6.45, 7) is 1.88. The van der Waals surface area contributed by atoms with Crippen molar-refractivity contribution >= 4 is 17.0 Å². The average Bonchev–Trinajstić information content (AvgIpc) is 3.34. The number of hydrogen-bond acceptors (Lipinski definition) is 6. The number of aromatic nitrogens is 4. The van der Waals surface area contributed by atoms with Crippen LogP contribution >= 0.6 is 0 Å². The van der Waals surface area contributed by atoms with Gasteiger partial charge in [-0.05, 0) is 30.9 Å². The number of hydrogen-bond donors (Lipinski definition) is 2. The Hall–Kier alpha value is -2.51. The normalized spacial score (nSPS) is 27.8. The first-order valence-electron chi connectivity index (χ1n) is 9.06. The number of ether oxygens (including phenoxy) is 1. The number of imidazole rings is 1. The summed E-state index contributed by atoms with van der Waals surface area (Å²) in [6, 6.07) is 8.76. The van der Waals surface area contributed by atoms with Crippen LogP contribution in [0.3, 0.4) is 0 Å². The lowest BCUT2D eigenvalue weighted by Gasteiger charge is -2.15. The standard InChI is InChI=1S/C19H21N5O2/c1-11-15(25)8-16(26-11)24-10-22-17-18(20-9-21-19(17)24)23-14-7-6-12-4-2-3-5-13(12)14/h2-5,9-11,14-16,25H,6-8H2,1H3,(H,20,21,23)/t11-,14+,15+,16-/m1/s1. The third-order valence-electron chi connectivity index (χ3n) is 5.47. The molecule has 0 spiro atoms. The van der Waals surface area contributed by atoms with Gasteiger partial charge in [0.05, 0.1) is 24.6 Å². The first kappa shape index (κ1) is 15.7. The quantitative estimate of drug-likeness (QED) is 0.754. The molecule has 0 radical (unpaired) electrons. The Morgan fingerprint density at radius 2 is 2.12 bits per heavy atom. The van der Waals surface area contributed by atoms with E-state index in [0.717, 1.165) is 29.8 Å². The SMILES string of the molecule is C[C@H]1O[C@@H](n2cnc3c(N[C@H]4CCc5ccccc54)ncnc32)C[C@@H]1O. The predicted molar refractivity (Wildman–Crippen MR) is 96.7 cm³/mol. The van der Waals surface area contributed by atoms with Crippen LogP contribution in [0.2, 0.25) is 0 Å². The molecule has 2 aliphatic rings. The molecule has 3 aromatic rings. The first-order valence-corrected chi connectivity index (χ1v) is 9.06. The van der Waals surface area contributed by atoms with Crippen LogP contribution in [-0.4, -0.2) is 36.8 Å². The van der Waals surface area contributed by atoms with E-state index in [-0.39, 0.29) is 18.4 Å². The molecule has 2 N–H and O–H groups in total. The second-order valence-corrected chi connectivity index (χ2v) is 7.08. The summed E-state index contributed by atoms with van der Waals surface area (Å²) in [7, 11) is 0. The fraction of sp³-hybridized carbons (Fsp3) is 0.421. The third kappa shape index (κ3) is 2.47. The van der Waals surface area contributed by atoms with E-state index in [4.69, 9.17) is 4.74 Å². The number of fused-ring (bicyclic) bond motifs is 2. The molecule has 3 heterocycles. The zero-order valence-corrected chi connectivity index (χ0v) is 14.5. The predicted octanol–water partition coefficient (Wildman–Crippen LogP) is 2.59. The molecular weight excluding hydrogens is 330 g/mol. The zero-order valence-electron chi connectivity index (χ0n) is 14.5. The Bertz CT molecular complexity index is 946. The van der Waals surface area contributed by atoms with Gasteiger partial charge in [-0.15, -0.1) is 0 Å². The molecular formula is C19H21N5O2. The van der Waals surface area contributed by atoms with Gasteiger partial charge in [0.15, 0.2) is 17.0 Å². The van der Waals surface area contributed by atoms with Gasteiger partial charge in [0.2, 0.25) is 0 Å². The fourth-order valence-electron chi connectivity index (χ4n) is 4.01. The molecule has 1 saturated heterocycles. The molecule has 1 aliphatic heterocycles. The van der Waals surface area contributed by atoms with E-state index in [1.54, 1.807) is 12.7 Å². The highest BCUT2D eigenvalue weighted by Gasteiger charge is 2.33. The largest absolute Gasteiger partial charge is 0.390 e.